The fraction of sp³-hybridized carbons (Fsp3) is 0.900. The van der Waals surface area contributed by atoms with Gasteiger partial charge < -0.3 is 15.1 Å². The summed E-state index contributed by atoms with van der Waals surface area (Å²) in [5, 5.41) is 20.9. The monoisotopic (exact) mass is 217 g/mol. The molecule has 88 valence electrons. The zero-order chi connectivity index (χ0) is 11.7. The lowest BCUT2D eigenvalue weighted by Gasteiger charge is -2.36. The number of carbonyl (C=O) groups is 1. The minimum absolute atomic E-state index is 0.0367. The molecule has 1 rings (SSSR count). The summed E-state index contributed by atoms with van der Waals surface area (Å²) in [7, 11) is 0. The summed E-state index contributed by atoms with van der Waals surface area (Å²) in [5.74, 6) is -0.0741. The zero-order valence-electron chi connectivity index (χ0n) is 9.52. The first-order chi connectivity index (χ1) is 6.77. The SMILES string of the molecule is CC(C)(C)OC(=O)[N@+]1([O-])CCC(CO)C1. The molecule has 0 aromatic heterocycles. The maximum atomic E-state index is 12.0. The molecule has 1 aliphatic heterocycles. The number of hydrogen-bond acceptors (Lipinski definition) is 4. The Kier molecular flexibility index (Phi) is 3.38. The van der Waals surface area contributed by atoms with E-state index in [9.17, 15) is 10.0 Å². The molecule has 2 atom stereocenters. The van der Waals surface area contributed by atoms with Crippen molar-refractivity contribution in [2.45, 2.75) is 32.8 Å². The van der Waals surface area contributed by atoms with Crippen molar-refractivity contribution in [2.24, 2.45) is 5.92 Å². The Labute approximate surface area is 89.8 Å². The number of rotatable bonds is 1. The van der Waals surface area contributed by atoms with E-state index in [-0.39, 0.29) is 25.6 Å². The van der Waals surface area contributed by atoms with Gasteiger partial charge in [0, 0.05) is 12.3 Å². The highest BCUT2D eigenvalue weighted by Gasteiger charge is 2.40. The van der Waals surface area contributed by atoms with E-state index in [1.54, 1.807) is 20.8 Å². The first kappa shape index (κ1) is 12.4. The topological polar surface area (TPSA) is 69.6 Å². The third-order valence-electron chi connectivity index (χ3n) is 2.44. The minimum Gasteiger partial charge on any atom is -0.622 e. The van der Waals surface area contributed by atoms with E-state index in [4.69, 9.17) is 9.84 Å². The Hall–Kier alpha value is -0.650. The number of ether oxygens (including phenoxy) is 1. The molecule has 0 aromatic carbocycles. The quantitative estimate of drug-likeness (QED) is 0.530. The van der Waals surface area contributed by atoms with Crippen LogP contribution in [0.5, 0.6) is 0 Å². The van der Waals surface area contributed by atoms with Crippen LogP contribution in [-0.2, 0) is 4.74 Å². The number of likely N-dealkylation sites (tertiary alicyclic amines) is 1. The number of quaternary nitrogens is 1. The molecule has 1 heterocycles. The number of hydroxylamine groups is 3. The van der Waals surface area contributed by atoms with Crippen LogP contribution in [0.15, 0.2) is 0 Å². The van der Waals surface area contributed by atoms with Crippen molar-refractivity contribution < 1.29 is 19.3 Å². The molecular formula is C10H19NO4. The number of carbonyl (C=O) groups excluding carboxylic acids is 1. The number of hydrogen-bond donors (Lipinski definition) is 1. The summed E-state index contributed by atoms with van der Waals surface area (Å²) < 4.78 is 4.10. The third-order valence-corrected chi connectivity index (χ3v) is 2.44. The number of amides is 1. The van der Waals surface area contributed by atoms with Gasteiger partial charge >= 0.3 is 6.09 Å². The summed E-state index contributed by atoms with van der Waals surface area (Å²) in [6.07, 6.45) is -0.155. The predicted octanol–water partition coefficient (Wildman–Crippen LogP) is 1.25. The van der Waals surface area contributed by atoms with Gasteiger partial charge in [0.1, 0.15) is 5.60 Å². The fourth-order valence-electron chi connectivity index (χ4n) is 1.65. The van der Waals surface area contributed by atoms with Gasteiger partial charge in [0.2, 0.25) is 0 Å². The lowest BCUT2D eigenvalue weighted by atomic mass is 10.1. The highest BCUT2D eigenvalue weighted by molar-refractivity contribution is 5.60. The maximum absolute atomic E-state index is 12.0. The third kappa shape index (κ3) is 3.15. The smallest absolute Gasteiger partial charge is 0.516 e. The minimum atomic E-state index is -0.956. The Bertz CT molecular complexity index is 248. The highest BCUT2D eigenvalue weighted by Crippen LogP contribution is 2.26. The van der Waals surface area contributed by atoms with Crippen LogP contribution in [0.1, 0.15) is 27.2 Å². The fourth-order valence-corrected chi connectivity index (χ4v) is 1.65. The second-order valence-corrected chi connectivity index (χ2v) is 5.11. The summed E-state index contributed by atoms with van der Waals surface area (Å²) in [6, 6.07) is 0. The van der Waals surface area contributed by atoms with Gasteiger partial charge in [-0.3, -0.25) is 4.65 Å². The Morgan fingerprint density at radius 1 is 1.60 bits per heavy atom. The summed E-state index contributed by atoms with van der Waals surface area (Å²) >= 11 is 0. The molecular weight excluding hydrogens is 198 g/mol. The molecule has 0 bridgehead atoms. The van der Waals surface area contributed by atoms with E-state index in [1.165, 1.54) is 0 Å². The molecule has 0 saturated carbocycles. The summed E-state index contributed by atoms with van der Waals surface area (Å²) in [4.78, 5) is 11.6. The maximum Gasteiger partial charge on any atom is 0.516 e. The van der Waals surface area contributed by atoms with Gasteiger partial charge in [0.25, 0.3) is 0 Å². The first-order valence-electron chi connectivity index (χ1n) is 5.19. The number of aliphatic hydroxyl groups is 1. The van der Waals surface area contributed by atoms with E-state index in [0.29, 0.717) is 6.42 Å². The van der Waals surface area contributed by atoms with Crippen LogP contribution in [0, 0.1) is 11.1 Å². The van der Waals surface area contributed by atoms with Gasteiger partial charge in [0.05, 0.1) is 19.7 Å². The van der Waals surface area contributed by atoms with Crippen molar-refractivity contribution in [1.82, 2.24) is 0 Å². The van der Waals surface area contributed by atoms with Gasteiger partial charge in [-0.1, -0.05) is 0 Å². The summed E-state index contributed by atoms with van der Waals surface area (Å²) in [5.41, 5.74) is -0.635. The first-order valence-corrected chi connectivity index (χ1v) is 5.19. The molecule has 1 amide bonds. The van der Waals surface area contributed by atoms with Crippen LogP contribution >= 0.6 is 0 Å². The van der Waals surface area contributed by atoms with Crippen molar-refractivity contribution in [3.05, 3.63) is 5.21 Å². The van der Waals surface area contributed by atoms with Crippen molar-refractivity contribution in [3.8, 4) is 0 Å². The average molecular weight is 217 g/mol. The van der Waals surface area contributed by atoms with Crippen molar-refractivity contribution >= 4 is 6.09 Å². The van der Waals surface area contributed by atoms with E-state index in [0.717, 1.165) is 0 Å². The molecule has 0 spiro atoms. The Balaban J connectivity index is 2.60. The van der Waals surface area contributed by atoms with Gasteiger partial charge in [0.15, 0.2) is 0 Å². The van der Waals surface area contributed by atoms with E-state index in [1.807, 2.05) is 0 Å². The van der Waals surface area contributed by atoms with Crippen molar-refractivity contribution in [2.75, 3.05) is 19.7 Å². The van der Waals surface area contributed by atoms with Crippen LogP contribution in [0.2, 0.25) is 0 Å². The average Bonchev–Trinajstić information content (AvgIpc) is 2.46. The molecule has 5 heteroatoms. The summed E-state index contributed by atoms with van der Waals surface area (Å²) in [6.45, 7) is 5.50. The van der Waals surface area contributed by atoms with Crippen LogP contribution in [0.3, 0.4) is 0 Å². The molecule has 0 radical (unpaired) electrons. The normalized spacial score (nSPS) is 31.7. The van der Waals surface area contributed by atoms with Crippen LogP contribution in [0.4, 0.5) is 4.79 Å². The number of aliphatic hydroxyl groups excluding tert-OH is 1. The molecule has 1 N–H and O–H groups in total. The van der Waals surface area contributed by atoms with E-state index >= 15 is 0 Å². The van der Waals surface area contributed by atoms with Crippen molar-refractivity contribution in [3.63, 3.8) is 0 Å². The highest BCUT2D eigenvalue weighted by atomic mass is 16.7. The van der Waals surface area contributed by atoms with Crippen LogP contribution in [0.25, 0.3) is 0 Å². The van der Waals surface area contributed by atoms with Gasteiger partial charge in [-0.15, -0.1) is 0 Å². The van der Waals surface area contributed by atoms with E-state index in [2.05, 4.69) is 0 Å². The van der Waals surface area contributed by atoms with Gasteiger partial charge in [-0.2, -0.15) is 4.79 Å². The van der Waals surface area contributed by atoms with E-state index < -0.39 is 16.3 Å². The lowest BCUT2D eigenvalue weighted by Crippen LogP contribution is -2.48. The van der Waals surface area contributed by atoms with Gasteiger partial charge in [-0.05, 0) is 20.8 Å². The molecule has 0 aliphatic carbocycles. The van der Waals surface area contributed by atoms with Crippen LogP contribution in [-0.4, -0.2) is 41.1 Å². The Morgan fingerprint density at radius 3 is 2.60 bits per heavy atom. The standard InChI is InChI=1S/C10H19NO4/c1-10(2,3)15-9(13)11(14)5-4-8(6-11)7-12/h8,12H,4-7H2,1-3H3/t8?,11-/m0/s1. The molecule has 5 nitrogen and oxygen atoms in total. The zero-order valence-corrected chi connectivity index (χ0v) is 9.52. The predicted molar refractivity (Wildman–Crippen MR) is 54.8 cm³/mol. The molecule has 1 unspecified atom stereocenters. The largest absolute Gasteiger partial charge is 0.622 e. The lowest BCUT2D eigenvalue weighted by molar-refractivity contribution is -0.796. The molecule has 1 saturated heterocycles. The van der Waals surface area contributed by atoms with Crippen molar-refractivity contribution in [1.29, 1.82) is 0 Å². The second-order valence-electron chi connectivity index (χ2n) is 5.11. The number of nitrogens with zero attached hydrogens (tertiary/aromatic N) is 1. The molecule has 1 aliphatic rings. The molecule has 0 aromatic rings. The molecule has 15 heavy (non-hydrogen) atoms. The molecule has 1 fully saturated rings. The Morgan fingerprint density at radius 2 is 2.20 bits per heavy atom. The second kappa shape index (κ2) is 4.08. The van der Waals surface area contributed by atoms with Gasteiger partial charge in [-0.25, -0.2) is 0 Å². The van der Waals surface area contributed by atoms with Crippen LogP contribution < -0.4 is 0 Å².